The average Bonchev–Trinajstić information content (AvgIpc) is 3.46. The van der Waals surface area contributed by atoms with Gasteiger partial charge in [-0.05, 0) is 127 Å². The van der Waals surface area contributed by atoms with E-state index in [1.54, 1.807) is 0 Å². The largest absolute Gasteiger partial charge is 0.310 e. The van der Waals surface area contributed by atoms with Gasteiger partial charge in [-0.1, -0.05) is 243 Å². The van der Waals surface area contributed by atoms with Crippen LogP contribution < -0.4 is 9.80 Å². The Kier molecular flexibility index (Phi) is 12.1. The molecular formula is C70H50N2. The molecule has 0 aromatic heterocycles. The summed E-state index contributed by atoms with van der Waals surface area (Å²) in [5.74, 6) is 0. The molecule has 0 unspecified atom stereocenters. The fraction of sp³-hybridized carbons (Fsp3) is 0. The van der Waals surface area contributed by atoms with E-state index in [1.165, 1.54) is 66.1 Å². The summed E-state index contributed by atoms with van der Waals surface area (Å²) in [4.78, 5) is 4.73. The Labute approximate surface area is 422 Å². The van der Waals surface area contributed by atoms with Gasteiger partial charge < -0.3 is 9.80 Å². The van der Waals surface area contributed by atoms with Crippen molar-refractivity contribution in [3.63, 3.8) is 0 Å². The summed E-state index contributed by atoms with van der Waals surface area (Å²) in [5, 5.41) is 4.86. The Bertz CT molecular complexity index is 3520. The monoisotopic (exact) mass is 918 g/mol. The minimum atomic E-state index is 1.11. The van der Waals surface area contributed by atoms with Crippen LogP contribution in [0, 0.1) is 0 Å². The predicted octanol–water partition coefficient (Wildman–Crippen LogP) is 19.8. The molecule has 72 heavy (non-hydrogen) atoms. The van der Waals surface area contributed by atoms with Gasteiger partial charge in [0.2, 0.25) is 0 Å². The number of fused-ring (bicyclic) bond motifs is 2. The van der Waals surface area contributed by atoms with Crippen LogP contribution in [-0.2, 0) is 0 Å². The van der Waals surface area contributed by atoms with Gasteiger partial charge in [0.15, 0.2) is 0 Å². The fourth-order valence-corrected chi connectivity index (χ4v) is 9.90. The minimum absolute atomic E-state index is 1.11. The Morgan fingerprint density at radius 3 is 0.764 bits per heavy atom. The predicted molar refractivity (Wildman–Crippen MR) is 308 cm³/mol. The average molecular weight is 919 g/mol. The van der Waals surface area contributed by atoms with Crippen LogP contribution in [0.2, 0.25) is 0 Å². The summed E-state index contributed by atoms with van der Waals surface area (Å²) in [7, 11) is 0. The molecule has 0 N–H and O–H groups in total. The molecule has 340 valence electrons. The first-order chi connectivity index (χ1) is 35.7. The molecule has 0 spiro atoms. The third-order valence-electron chi connectivity index (χ3n) is 13.7. The van der Waals surface area contributed by atoms with Gasteiger partial charge in [0.05, 0.1) is 11.4 Å². The zero-order valence-corrected chi connectivity index (χ0v) is 39.8. The maximum absolute atomic E-state index is 2.37. The van der Waals surface area contributed by atoms with Crippen molar-refractivity contribution in [3.05, 3.63) is 302 Å². The Morgan fingerprint density at radius 1 is 0.194 bits per heavy atom. The molecule has 0 radical (unpaired) electrons. The number of nitrogens with zero attached hydrogens (tertiary/aromatic N) is 2. The lowest BCUT2D eigenvalue weighted by Crippen LogP contribution is -2.10. The highest BCUT2D eigenvalue weighted by Crippen LogP contribution is 2.42. The van der Waals surface area contributed by atoms with Gasteiger partial charge in [0.25, 0.3) is 0 Å². The highest BCUT2D eigenvalue weighted by atomic mass is 15.1. The lowest BCUT2D eigenvalue weighted by atomic mass is 10.0. The third-order valence-corrected chi connectivity index (χ3v) is 13.7. The van der Waals surface area contributed by atoms with Gasteiger partial charge in [-0.2, -0.15) is 0 Å². The van der Waals surface area contributed by atoms with Gasteiger partial charge in [0, 0.05) is 33.5 Å². The second-order valence-corrected chi connectivity index (χ2v) is 18.2. The molecule has 0 atom stereocenters. The number of rotatable bonds is 12. The lowest BCUT2D eigenvalue weighted by Gasteiger charge is -2.27. The van der Waals surface area contributed by atoms with Gasteiger partial charge >= 0.3 is 0 Å². The maximum atomic E-state index is 2.37. The SMILES string of the molecule is C(=C\c1ccc(-c2ccc(N(c3ccc(-c4ccccc4)cc3)c3cccc4ccccc34)cc2)cc1)/c1ccc(-c2ccc(N(c3ccc(-c4ccccc4)cc3)c3cccc4ccccc34)cc2)cc1. The normalized spacial score (nSPS) is 11.3. The van der Waals surface area contributed by atoms with Crippen LogP contribution in [0.1, 0.15) is 11.1 Å². The van der Waals surface area contributed by atoms with Crippen LogP contribution in [0.3, 0.4) is 0 Å². The van der Waals surface area contributed by atoms with E-state index < -0.39 is 0 Å². The van der Waals surface area contributed by atoms with Crippen LogP contribution >= 0.6 is 0 Å². The minimum Gasteiger partial charge on any atom is -0.310 e. The summed E-state index contributed by atoms with van der Waals surface area (Å²) in [6, 6.07) is 105. The van der Waals surface area contributed by atoms with E-state index in [0.29, 0.717) is 0 Å². The molecule has 12 aromatic carbocycles. The van der Waals surface area contributed by atoms with Crippen LogP contribution in [0.4, 0.5) is 34.1 Å². The summed E-state index contributed by atoms with van der Waals surface area (Å²) in [6.45, 7) is 0. The first kappa shape index (κ1) is 43.8. The van der Waals surface area contributed by atoms with Gasteiger partial charge in [-0.25, -0.2) is 0 Å². The van der Waals surface area contributed by atoms with E-state index in [-0.39, 0.29) is 0 Å². The molecule has 0 saturated heterocycles. The number of hydrogen-bond donors (Lipinski definition) is 0. The topological polar surface area (TPSA) is 6.48 Å². The summed E-state index contributed by atoms with van der Waals surface area (Å²) >= 11 is 0. The van der Waals surface area contributed by atoms with E-state index in [2.05, 4.69) is 313 Å². The van der Waals surface area contributed by atoms with E-state index in [0.717, 1.165) is 45.3 Å². The van der Waals surface area contributed by atoms with E-state index in [9.17, 15) is 0 Å². The van der Waals surface area contributed by atoms with E-state index >= 15 is 0 Å². The van der Waals surface area contributed by atoms with Crippen molar-refractivity contribution in [1.82, 2.24) is 0 Å². The summed E-state index contributed by atoms with van der Waals surface area (Å²) in [6.07, 6.45) is 4.38. The van der Waals surface area contributed by atoms with Crippen molar-refractivity contribution in [1.29, 1.82) is 0 Å². The highest BCUT2D eigenvalue weighted by molar-refractivity contribution is 6.00. The second-order valence-electron chi connectivity index (χ2n) is 18.2. The zero-order valence-electron chi connectivity index (χ0n) is 39.8. The van der Waals surface area contributed by atoms with Crippen molar-refractivity contribution >= 4 is 67.8 Å². The standard InChI is InChI=1S/C70H50N2/c1-3-13-53(14-4-1)57-35-43-63(44-36-57)71(69-23-11-19-61-17-7-9-21-67(61)69)65-47-39-59(40-48-65)55-31-27-51(28-32-55)25-26-52-29-33-56(34-30-52)60-41-49-66(50-42-60)72(70-24-12-20-62-18-8-10-22-68(62)70)64-45-37-58(38-46-64)54-15-5-2-6-16-54/h1-50H/b26-25+. The van der Waals surface area contributed by atoms with Crippen molar-refractivity contribution in [2.45, 2.75) is 0 Å². The zero-order chi connectivity index (χ0) is 48.1. The molecule has 0 aliphatic heterocycles. The molecule has 2 heteroatoms. The molecule has 0 amide bonds. The molecule has 2 nitrogen and oxygen atoms in total. The van der Waals surface area contributed by atoms with Gasteiger partial charge in [-0.15, -0.1) is 0 Å². The molecule has 0 aliphatic rings. The first-order valence-corrected chi connectivity index (χ1v) is 24.6. The third kappa shape index (κ3) is 9.09. The molecule has 12 aromatic rings. The quantitative estimate of drug-likeness (QED) is 0.113. The second kappa shape index (κ2) is 19.8. The molecule has 0 aliphatic carbocycles. The van der Waals surface area contributed by atoms with Crippen LogP contribution in [-0.4, -0.2) is 0 Å². The number of hydrogen-bond acceptors (Lipinski definition) is 2. The van der Waals surface area contributed by atoms with Crippen LogP contribution in [0.5, 0.6) is 0 Å². The van der Waals surface area contributed by atoms with Gasteiger partial charge in [0.1, 0.15) is 0 Å². The van der Waals surface area contributed by atoms with Crippen molar-refractivity contribution in [2.24, 2.45) is 0 Å². The number of anilines is 6. The molecular weight excluding hydrogens is 869 g/mol. The summed E-state index contributed by atoms with van der Waals surface area (Å²) < 4.78 is 0. The number of benzene rings is 12. The van der Waals surface area contributed by atoms with Gasteiger partial charge in [-0.3, -0.25) is 0 Å². The van der Waals surface area contributed by atoms with Crippen LogP contribution in [0.25, 0.3) is 78.2 Å². The van der Waals surface area contributed by atoms with Crippen molar-refractivity contribution in [3.8, 4) is 44.5 Å². The van der Waals surface area contributed by atoms with Crippen LogP contribution in [0.15, 0.2) is 291 Å². The Morgan fingerprint density at radius 2 is 0.444 bits per heavy atom. The lowest BCUT2D eigenvalue weighted by molar-refractivity contribution is 1.30. The highest BCUT2D eigenvalue weighted by Gasteiger charge is 2.18. The van der Waals surface area contributed by atoms with Crippen molar-refractivity contribution < 1.29 is 0 Å². The Hall–Kier alpha value is -9.50. The Balaban J connectivity index is 0.752. The van der Waals surface area contributed by atoms with Crippen molar-refractivity contribution in [2.75, 3.05) is 9.80 Å². The molecule has 0 saturated carbocycles. The van der Waals surface area contributed by atoms with E-state index in [1.807, 2.05) is 0 Å². The summed E-state index contributed by atoms with van der Waals surface area (Å²) in [5.41, 5.74) is 18.6. The molecule has 0 fully saturated rings. The smallest absolute Gasteiger partial charge is 0.0540 e. The molecule has 12 rings (SSSR count). The maximum Gasteiger partial charge on any atom is 0.0540 e. The molecule has 0 heterocycles. The molecule has 0 bridgehead atoms. The fourth-order valence-electron chi connectivity index (χ4n) is 9.90. The first-order valence-electron chi connectivity index (χ1n) is 24.6. The van der Waals surface area contributed by atoms with E-state index in [4.69, 9.17) is 0 Å².